The van der Waals surface area contributed by atoms with Crippen LogP contribution in [0.1, 0.15) is 35.5 Å². The molecule has 0 bridgehead atoms. The molecule has 0 aliphatic carbocycles. The number of ether oxygens (including phenoxy) is 1. The number of fused-ring (bicyclic) bond motifs is 1. The third-order valence-electron chi connectivity index (χ3n) is 4.68. The van der Waals surface area contributed by atoms with Crippen LogP contribution in [0.3, 0.4) is 0 Å². The lowest BCUT2D eigenvalue weighted by atomic mass is 10.1. The molecule has 3 amide bonds. The van der Waals surface area contributed by atoms with Crippen LogP contribution in [0, 0.1) is 0 Å². The van der Waals surface area contributed by atoms with Crippen LogP contribution in [-0.4, -0.2) is 40.2 Å². The Morgan fingerprint density at radius 2 is 1.90 bits per heavy atom. The Hall–Kier alpha value is -2.29. The fourth-order valence-corrected chi connectivity index (χ4v) is 5.03. The number of rotatable bonds is 6. The zero-order chi connectivity index (χ0) is 20.4. The van der Waals surface area contributed by atoms with E-state index in [9.17, 15) is 14.4 Å². The van der Waals surface area contributed by atoms with E-state index in [0.717, 1.165) is 23.1 Å². The molecular formula is C21H20N2O4S2. The minimum absolute atomic E-state index is 0.0635. The highest BCUT2D eigenvalue weighted by atomic mass is 32.2. The van der Waals surface area contributed by atoms with Crippen molar-refractivity contribution in [3.05, 3.63) is 59.7 Å². The zero-order valence-corrected chi connectivity index (χ0v) is 17.5. The molecule has 6 nitrogen and oxygen atoms in total. The minimum Gasteiger partial charge on any atom is -0.353 e. The summed E-state index contributed by atoms with van der Waals surface area (Å²) in [5, 5.41) is -0.306. The molecule has 0 aromatic heterocycles. The molecule has 2 aliphatic rings. The van der Waals surface area contributed by atoms with Crippen molar-refractivity contribution < 1.29 is 19.1 Å². The smallest absolute Gasteiger partial charge is 0.291 e. The number of imide groups is 1. The molecule has 2 aromatic rings. The second-order valence-corrected chi connectivity index (χ2v) is 8.55. The van der Waals surface area contributed by atoms with Crippen molar-refractivity contribution in [2.24, 2.45) is 0 Å². The van der Waals surface area contributed by atoms with Gasteiger partial charge in [-0.15, -0.1) is 11.8 Å². The third kappa shape index (κ3) is 3.92. The number of thioether (sulfide) groups is 2. The average molecular weight is 429 g/mol. The molecule has 150 valence electrons. The highest BCUT2D eigenvalue weighted by Crippen LogP contribution is 2.36. The molecule has 1 unspecified atom stereocenters. The van der Waals surface area contributed by atoms with Crippen molar-refractivity contribution in [3.63, 3.8) is 0 Å². The standard InChI is InChI=1S/C21H20N2O4S2/c1-2-10-27-20(23-18(24)12-28-21(23)26)14-6-5-7-15(11-14)22-13-29-17-9-4-3-8-16(17)19(22)25/h3-9,11,20H,2,10,12-13H2,1H3. The lowest BCUT2D eigenvalue weighted by Gasteiger charge is -2.30. The maximum absolute atomic E-state index is 13.0. The number of benzene rings is 2. The van der Waals surface area contributed by atoms with Crippen LogP contribution in [0.25, 0.3) is 0 Å². The van der Waals surface area contributed by atoms with Gasteiger partial charge in [0.2, 0.25) is 5.91 Å². The van der Waals surface area contributed by atoms with Gasteiger partial charge in [-0.05, 0) is 30.7 Å². The van der Waals surface area contributed by atoms with Gasteiger partial charge >= 0.3 is 0 Å². The zero-order valence-electron chi connectivity index (χ0n) is 15.9. The van der Waals surface area contributed by atoms with Gasteiger partial charge < -0.3 is 4.74 Å². The maximum Gasteiger partial charge on any atom is 0.291 e. The van der Waals surface area contributed by atoms with E-state index < -0.39 is 6.23 Å². The molecule has 1 saturated heterocycles. The van der Waals surface area contributed by atoms with Gasteiger partial charge in [0.05, 0.1) is 17.2 Å². The minimum atomic E-state index is -0.787. The predicted molar refractivity (Wildman–Crippen MR) is 114 cm³/mol. The Morgan fingerprint density at radius 3 is 2.66 bits per heavy atom. The first kappa shape index (κ1) is 20.0. The fraction of sp³-hybridized carbons (Fsp3) is 0.286. The van der Waals surface area contributed by atoms with Gasteiger partial charge in [0.15, 0.2) is 6.23 Å². The van der Waals surface area contributed by atoms with E-state index in [2.05, 4.69) is 0 Å². The number of carbonyl (C=O) groups excluding carboxylic acids is 3. The Morgan fingerprint density at radius 1 is 1.07 bits per heavy atom. The van der Waals surface area contributed by atoms with E-state index in [1.54, 1.807) is 16.7 Å². The molecule has 0 radical (unpaired) electrons. The van der Waals surface area contributed by atoms with Crippen LogP contribution < -0.4 is 4.90 Å². The van der Waals surface area contributed by atoms with Gasteiger partial charge in [0, 0.05) is 22.8 Å². The molecule has 8 heteroatoms. The molecule has 0 N–H and O–H groups in total. The second kappa shape index (κ2) is 8.61. The van der Waals surface area contributed by atoms with Crippen LogP contribution in [0.5, 0.6) is 0 Å². The van der Waals surface area contributed by atoms with Gasteiger partial charge in [0.25, 0.3) is 11.1 Å². The summed E-state index contributed by atoms with van der Waals surface area (Å²) >= 11 is 2.59. The van der Waals surface area contributed by atoms with E-state index in [1.807, 2.05) is 55.5 Å². The third-order valence-corrected chi connectivity index (χ3v) is 6.57. The van der Waals surface area contributed by atoms with E-state index in [4.69, 9.17) is 4.74 Å². The fourth-order valence-electron chi connectivity index (χ4n) is 3.29. The highest BCUT2D eigenvalue weighted by molar-refractivity contribution is 8.14. The Balaban J connectivity index is 1.66. The number of hydrogen-bond acceptors (Lipinski definition) is 6. The first-order valence-corrected chi connectivity index (χ1v) is 11.3. The molecule has 4 rings (SSSR count). The van der Waals surface area contributed by atoms with E-state index in [-0.39, 0.29) is 22.8 Å². The molecule has 1 atom stereocenters. The summed E-state index contributed by atoms with van der Waals surface area (Å²) in [4.78, 5) is 41.4. The van der Waals surface area contributed by atoms with Crippen molar-refractivity contribution in [3.8, 4) is 0 Å². The average Bonchev–Trinajstić information content (AvgIpc) is 3.07. The van der Waals surface area contributed by atoms with Crippen LogP contribution >= 0.6 is 23.5 Å². The molecule has 0 spiro atoms. The number of amides is 3. The monoisotopic (exact) mass is 428 g/mol. The van der Waals surface area contributed by atoms with Crippen LogP contribution in [0.4, 0.5) is 10.5 Å². The number of anilines is 1. The number of carbonyl (C=O) groups is 3. The normalized spacial score (nSPS) is 17.6. The lowest BCUT2D eigenvalue weighted by molar-refractivity contribution is -0.136. The van der Waals surface area contributed by atoms with Crippen molar-refractivity contribution in [1.29, 1.82) is 0 Å². The summed E-state index contributed by atoms with van der Waals surface area (Å²) in [6, 6.07) is 14.9. The summed E-state index contributed by atoms with van der Waals surface area (Å²) in [5.41, 5.74) is 2.07. The van der Waals surface area contributed by atoms with Crippen molar-refractivity contribution in [2.75, 3.05) is 23.1 Å². The Kier molecular flexibility index (Phi) is 5.94. The van der Waals surface area contributed by atoms with E-state index >= 15 is 0 Å². The predicted octanol–water partition coefficient (Wildman–Crippen LogP) is 4.52. The molecule has 2 heterocycles. The second-order valence-electron chi connectivity index (χ2n) is 6.64. The van der Waals surface area contributed by atoms with E-state index in [0.29, 0.717) is 29.3 Å². The van der Waals surface area contributed by atoms with Crippen LogP contribution in [0.15, 0.2) is 53.4 Å². The summed E-state index contributed by atoms with van der Waals surface area (Å²) < 4.78 is 5.89. The first-order valence-electron chi connectivity index (χ1n) is 9.34. The SMILES string of the molecule is CCCOC(c1cccc(N2CSc3ccccc3C2=O)c1)N1C(=O)CSC1=O. The Labute approximate surface area is 177 Å². The van der Waals surface area contributed by atoms with Crippen molar-refractivity contribution in [2.45, 2.75) is 24.5 Å². The number of nitrogens with zero attached hydrogens (tertiary/aromatic N) is 2. The van der Waals surface area contributed by atoms with Gasteiger partial charge in [-0.1, -0.05) is 43.0 Å². The summed E-state index contributed by atoms with van der Waals surface area (Å²) in [5.74, 6) is 0.302. The van der Waals surface area contributed by atoms with Gasteiger partial charge in [-0.25, -0.2) is 4.90 Å². The summed E-state index contributed by atoms with van der Waals surface area (Å²) in [6.07, 6.45) is -0.0258. The molecular weight excluding hydrogens is 408 g/mol. The molecule has 2 aliphatic heterocycles. The summed E-state index contributed by atoms with van der Waals surface area (Å²) in [7, 11) is 0. The van der Waals surface area contributed by atoms with Crippen LogP contribution in [-0.2, 0) is 9.53 Å². The summed E-state index contributed by atoms with van der Waals surface area (Å²) in [6.45, 7) is 2.39. The molecule has 29 heavy (non-hydrogen) atoms. The van der Waals surface area contributed by atoms with Gasteiger partial charge in [-0.3, -0.25) is 19.3 Å². The van der Waals surface area contributed by atoms with Gasteiger partial charge in [-0.2, -0.15) is 0 Å². The van der Waals surface area contributed by atoms with Crippen molar-refractivity contribution in [1.82, 2.24) is 4.90 Å². The lowest BCUT2D eigenvalue weighted by Crippen LogP contribution is -2.36. The van der Waals surface area contributed by atoms with Gasteiger partial charge in [0.1, 0.15) is 0 Å². The highest BCUT2D eigenvalue weighted by Gasteiger charge is 2.37. The molecule has 0 saturated carbocycles. The largest absolute Gasteiger partial charge is 0.353 e. The Bertz CT molecular complexity index is 949. The van der Waals surface area contributed by atoms with Crippen LogP contribution in [0.2, 0.25) is 0 Å². The first-order chi connectivity index (χ1) is 14.1. The van der Waals surface area contributed by atoms with Crippen molar-refractivity contribution >= 4 is 46.3 Å². The van der Waals surface area contributed by atoms with E-state index in [1.165, 1.54) is 4.90 Å². The quantitative estimate of drug-likeness (QED) is 0.674. The maximum atomic E-state index is 13.0. The number of hydrogen-bond donors (Lipinski definition) is 0. The molecule has 1 fully saturated rings. The molecule has 2 aromatic carbocycles. The topological polar surface area (TPSA) is 66.9 Å².